The van der Waals surface area contributed by atoms with Crippen LogP contribution in [-0.4, -0.2) is 20.6 Å². The van der Waals surface area contributed by atoms with Crippen LogP contribution in [0, 0.1) is 11.7 Å². The number of aryl methyl sites for hydroxylation is 1. The topological polar surface area (TPSA) is 55.1 Å². The van der Waals surface area contributed by atoms with Gasteiger partial charge in [0.2, 0.25) is 0 Å². The molecule has 1 aromatic carbocycles. The maximum absolute atomic E-state index is 13.2. The molecule has 20 heavy (non-hydrogen) atoms. The summed E-state index contributed by atoms with van der Waals surface area (Å²) in [7, 11) is 0. The van der Waals surface area contributed by atoms with Gasteiger partial charge in [0.1, 0.15) is 11.6 Å². The molecule has 1 unspecified atom stereocenters. The number of halogens is 1. The zero-order chi connectivity index (χ0) is 14.1. The number of carboxylic acid groups (broad SMARTS) is 1. The summed E-state index contributed by atoms with van der Waals surface area (Å²) in [5.74, 6) is -0.586. The van der Waals surface area contributed by atoms with Gasteiger partial charge in [-0.05, 0) is 30.5 Å². The van der Waals surface area contributed by atoms with Crippen LogP contribution in [-0.2, 0) is 24.2 Å². The van der Waals surface area contributed by atoms with Crippen LogP contribution in [0.1, 0.15) is 23.5 Å². The molecule has 1 aromatic heterocycles. The van der Waals surface area contributed by atoms with E-state index in [-0.39, 0.29) is 11.7 Å². The summed E-state index contributed by atoms with van der Waals surface area (Å²) in [4.78, 5) is 15.5. The van der Waals surface area contributed by atoms with Crippen LogP contribution in [0.25, 0.3) is 0 Å². The maximum Gasteiger partial charge on any atom is 0.308 e. The third-order valence-corrected chi connectivity index (χ3v) is 3.77. The quantitative estimate of drug-likeness (QED) is 0.934. The summed E-state index contributed by atoms with van der Waals surface area (Å²) in [6.07, 6.45) is 3.70. The fourth-order valence-electron chi connectivity index (χ4n) is 2.68. The van der Waals surface area contributed by atoms with Crippen molar-refractivity contribution >= 4 is 5.97 Å². The Labute approximate surface area is 115 Å². The Hall–Kier alpha value is -2.17. The first kappa shape index (κ1) is 12.8. The molecule has 0 radical (unpaired) electrons. The van der Waals surface area contributed by atoms with Gasteiger partial charge in [0.15, 0.2) is 0 Å². The van der Waals surface area contributed by atoms with E-state index in [1.165, 1.54) is 12.1 Å². The number of carbonyl (C=O) groups is 1. The monoisotopic (exact) mass is 274 g/mol. The molecule has 0 fully saturated rings. The number of carboxylic acids is 1. The van der Waals surface area contributed by atoms with Crippen molar-refractivity contribution in [1.29, 1.82) is 0 Å². The minimum atomic E-state index is -0.763. The molecule has 0 spiro atoms. The molecule has 2 heterocycles. The Morgan fingerprint density at radius 1 is 1.50 bits per heavy atom. The lowest BCUT2D eigenvalue weighted by Gasteiger charge is -2.22. The minimum Gasteiger partial charge on any atom is -0.481 e. The Bertz CT molecular complexity index is 651. The molecule has 3 rings (SSSR count). The normalized spacial score (nSPS) is 17.8. The van der Waals surface area contributed by atoms with Crippen LogP contribution in [0.2, 0.25) is 0 Å². The van der Waals surface area contributed by atoms with E-state index in [2.05, 4.69) is 4.98 Å². The average molecular weight is 274 g/mol. The van der Waals surface area contributed by atoms with E-state index in [1.54, 1.807) is 12.3 Å². The lowest BCUT2D eigenvalue weighted by molar-refractivity contribution is -0.142. The van der Waals surface area contributed by atoms with Gasteiger partial charge in [0.05, 0.1) is 5.92 Å². The number of rotatable bonds is 3. The third-order valence-electron chi connectivity index (χ3n) is 3.77. The first-order chi connectivity index (χ1) is 9.63. The zero-order valence-electron chi connectivity index (χ0n) is 10.9. The molecule has 2 aromatic rings. The molecular formula is C15H15FN2O2. The van der Waals surface area contributed by atoms with Gasteiger partial charge in [-0.15, -0.1) is 0 Å². The molecular weight excluding hydrogens is 259 g/mol. The summed E-state index contributed by atoms with van der Waals surface area (Å²) >= 11 is 0. The Morgan fingerprint density at radius 2 is 2.35 bits per heavy atom. The highest BCUT2D eigenvalue weighted by Gasteiger charge is 2.26. The molecule has 0 saturated carbocycles. The second-order valence-corrected chi connectivity index (χ2v) is 5.16. The van der Waals surface area contributed by atoms with Crippen LogP contribution >= 0.6 is 0 Å². The van der Waals surface area contributed by atoms with Crippen molar-refractivity contribution in [2.75, 3.05) is 0 Å². The van der Waals surface area contributed by atoms with Gasteiger partial charge in [-0.2, -0.15) is 0 Å². The molecule has 1 N–H and O–H groups in total. The molecule has 1 aliphatic rings. The molecule has 0 aliphatic carbocycles. The highest BCUT2D eigenvalue weighted by molar-refractivity contribution is 5.70. The molecule has 0 saturated heterocycles. The largest absolute Gasteiger partial charge is 0.481 e. The van der Waals surface area contributed by atoms with Crippen LogP contribution in [0.4, 0.5) is 4.39 Å². The van der Waals surface area contributed by atoms with Crippen molar-refractivity contribution in [2.24, 2.45) is 5.92 Å². The van der Waals surface area contributed by atoms with Crippen LogP contribution in [0.15, 0.2) is 30.5 Å². The van der Waals surface area contributed by atoms with Gasteiger partial charge in [0.25, 0.3) is 0 Å². The van der Waals surface area contributed by atoms with Crippen molar-refractivity contribution in [3.8, 4) is 0 Å². The number of aromatic nitrogens is 2. The fourth-order valence-corrected chi connectivity index (χ4v) is 2.68. The van der Waals surface area contributed by atoms with Gasteiger partial charge in [-0.1, -0.05) is 12.1 Å². The summed E-state index contributed by atoms with van der Waals surface area (Å²) < 4.78 is 15.2. The van der Waals surface area contributed by atoms with Crippen molar-refractivity contribution in [1.82, 2.24) is 9.55 Å². The molecule has 5 heteroatoms. The SMILES string of the molecule is O=C(O)C1CCc2cnc(Cc3cccc(F)c3)n2C1. The summed E-state index contributed by atoms with van der Waals surface area (Å²) in [5, 5.41) is 9.14. The molecule has 104 valence electrons. The summed E-state index contributed by atoms with van der Waals surface area (Å²) in [6.45, 7) is 0.454. The first-order valence-corrected chi connectivity index (χ1v) is 6.64. The number of fused-ring (bicyclic) bond motifs is 1. The van der Waals surface area contributed by atoms with Crippen LogP contribution in [0.5, 0.6) is 0 Å². The van der Waals surface area contributed by atoms with Gasteiger partial charge < -0.3 is 9.67 Å². The fraction of sp³-hybridized carbons (Fsp3) is 0.333. The molecule has 0 amide bonds. The first-order valence-electron chi connectivity index (χ1n) is 6.64. The third kappa shape index (κ3) is 2.43. The standard InChI is InChI=1S/C15H15FN2O2/c16-12-3-1-2-10(6-12)7-14-17-8-13-5-4-11(15(19)20)9-18(13)14/h1-3,6,8,11H,4-5,7,9H2,(H,19,20). The second-order valence-electron chi connectivity index (χ2n) is 5.16. The number of aliphatic carboxylic acids is 1. The van der Waals surface area contributed by atoms with Crippen molar-refractivity contribution in [3.05, 3.63) is 53.4 Å². The second kappa shape index (κ2) is 5.07. The van der Waals surface area contributed by atoms with E-state index in [9.17, 15) is 9.18 Å². The zero-order valence-corrected chi connectivity index (χ0v) is 10.9. The molecule has 1 atom stereocenters. The highest BCUT2D eigenvalue weighted by Crippen LogP contribution is 2.23. The predicted octanol–water partition coefficient (Wildman–Crippen LogP) is 2.26. The molecule has 1 aliphatic heterocycles. The highest BCUT2D eigenvalue weighted by atomic mass is 19.1. The van der Waals surface area contributed by atoms with Crippen LogP contribution in [0.3, 0.4) is 0 Å². The number of hydrogen-bond acceptors (Lipinski definition) is 2. The number of nitrogens with zero attached hydrogens (tertiary/aromatic N) is 2. The van der Waals surface area contributed by atoms with E-state index in [0.717, 1.165) is 23.5 Å². The van der Waals surface area contributed by atoms with E-state index in [1.807, 2.05) is 10.6 Å². The van der Waals surface area contributed by atoms with E-state index < -0.39 is 5.97 Å². The van der Waals surface area contributed by atoms with Crippen molar-refractivity contribution < 1.29 is 14.3 Å². The Kier molecular flexibility index (Phi) is 3.26. The average Bonchev–Trinajstić information content (AvgIpc) is 2.81. The molecule has 4 nitrogen and oxygen atoms in total. The number of benzene rings is 1. The van der Waals surface area contributed by atoms with E-state index in [0.29, 0.717) is 19.4 Å². The Balaban J connectivity index is 1.86. The maximum atomic E-state index is 13.2. The molecule has 0 bridgehead atoms. The summed E-state index contributed by atoms with van der Waals surface area (Å²) in [6, 6.07) is 6.41. The van der Waals surface area contributed by atoms with Crippen LogP contribution < -0.4 is 0 Å². The lowest BCUT2D eigenvalue weighted by Crippen LogP contribution is -2.27. The van der Waals surface area contributed by atoms with Gasteiger partial charge in [0, 0.05) is 24.9 Å². The number of hydrogen-bond donors (Lipinski definition) is 1. The predicted molar refractivity (Wildman–Crippen MR) is 70.9 cm³/mol. The lowest BCUT2D eigenvalue weighted by atomic mass is 9.98. The minimum absolute atomic E-state index is 0.267. The van der Waals surface area contributed by atoms with E-state index >= 15 is 0 Å². The summed E-state index contributed by atoms with van der Waals surface area (Å²) in [5.41, 5.74) is 1.91. The Morgan fingerprint density at radius 3 is 3.10 bits per heavy atom. The smallest absolute Gasteiger partial charge is 0.308 e. The number of imidazole rings is 1. The van der Waals surface area contributed by atoms with Gasteiger partial charge in [-0.3, -0.25) is 4.79 Å². The van der Waals surface area contributed by atoms with Gasteiger partial charge >= 0.3 is 5.97 Å². The van der Waals surface area contributed by atoms with Gasteiger partial charge in [-0.25, -0.2) is 9.37 Å². The van der Waals surface area contributed by atoms with Crippen molar-refractivity contribution in [3.63, 3.8) is 0 Å². The van der Waals surface area contributed by atoms with Crippen molar-refractivity contribution in [2.45, 2.75) is 25.8 Å². The van der Waals surface area contributed by atoms with E-state index in [4.69, 9.17) is 5.11 Å².